The lowest BCUT2D eigenvalue weighted by Crippen LogP contribution is -2.14. The Labute approximate surface area is 124 Å². The summed E-state index contributed by atoms with van der Waals surface area (Å²) >= 11 is 0.947. The Morgan fingerprint density at radius 1 is 1.38 bits per heavy atom. The van der Waals surface area contributed by atoms with Gasteiger partial charge in [-0.15, -0.1) is 0 Å². The van der Waals surface area contributed by atoms with Gasteiger partial charge in [-0.2, -0.15) is 0 Å². The van der Waals surface area contributed by atoms with Crippen LogP contribution in [0.5, 0.6) is 0 Å². The second-order valence-corrected chi connectivity index (χ2v) is 5.68. The van der Waals surface area contributed by atoms with E-state index in [0.29, 0.717) is 11.3 Å². The summed E-state index contributed by atoms with van der Waals surface area (Å²) in [4.78, 5) is 22.2. The minimum Gasteiger partial charge on any atom is -0.385 e. The second-order valence-electron chi connectivity index (χ2n) is 4.79. The number of fused-ring (bicyclic) bond motifs is 1. The van der Waals surface area contributed by atoms with E-state index in [9.17, 15) is 14.9 Å². The number of hydrogen-bond acceptors (Lipinski definition) is 5. The van der Waals surface area contributed by atoms with Gasteiger partial charge in [0.2, 0.25) is 0 Å². The number of amides is 1. The molecule has 1 aliphatic rings. The fraction of sp³-hybridized carbons (Fsp3) is 0.214. The van der Waals surface area contributed by atoms with Gasteiger partial charge in [-0.05, 0) is 30.5 Å². The lowest BCUT2D eigenvalue weighted by Gasteiger charge is -2.18. The summed E-state index contributed by atoms with van der Waals surface area (Å²) in [7, 11) is 0. The van der Waals surface area contributed by atoms with E-state index >= 15 is 0 Å². The zero-order valence-electron chi connectivity index (χ0n) is 11.1. The molecule has 3 rings (SSSR count). The number of thiophene rings is 1. The van der Waals surface area contributed by atoms with Crippen LogP contribution in [0.15, 0.2) is 29.6 Å². The molecular weight excluding hydrogens is 290 g/mol. The van der Waals surface area contributed by atoms with Crippen molar-refractivity contribution in [3.63, 3.8) is 0 Å². The van der Waals surface area contributed by atoms with E-state index < -0.39 is 4.92 Å². The van der Waals surface area contributed by atoms with Crippen LogP contribution in [-0.4, -0.2) is 17.4 Å². The molecule has 0 aliphatic carbocycles. The van der Waals surface area contributed by atoms with Crippen LogP contribution in [0.25, 0.3) is 0 Å². The number of nitro groups is 1. The number of nitrogens with one attached hydrogen (secondary N) is 2. The largest absolute Gasteiger partial charge is 0.385 e. The van der Waals surface area contributed by atoms with E-state index in [2.05, 4.69) is 10.6 Å². The van der Waals surface area contributed by atoms with Crippen LogP contribution in [0.2, 0.25) is 0 Å². The fourth-order valence-electron chi connectivity index (χ4n) is 2.28. The van der Waals surface area contributed by atoms with E-state index in [1.54, 1.807) is 0 Å². The van der Waals surface area contributed by atoms with Gasteiger partial charge in [0, 0.05) is 29.4 Å². The number of anilines is 2. The van der Waals surface area contributed by atoms with Crippen LogP contribution in [0.1, 0.15) is 22.3 Å². The van der Waals surface area contributed by atoms with Crippen molar-refractivity contribution in [1.82, 2.24) is 0 Å². The molecule has 7 heteroatoms. The zero-order chi connectivity index (χ0) is 14.8. The smallest absolute Gasteiger partial charge is 0.324 e. The molecule has 0 spiro atoms. The van der Waals surface area contributed by atoms with Crippen molar-refractivity contribution in [2.24, 2.45) is 0 Å². The van der Waals surface area contributed by atoms with Gasteiger partial charge in [0.05, 0.1) is 10.5 Å². The number of nitrogens with zero attached hydrogens (tertiary/aromatic N) is 1. The molecule has 1 aromatic carbocycles. The number of rotatable bonds is 3. The third-order valence-electron chi connectivity index (χ3n) is 3.33. The monoisotopic (exact) mass is 303 g/mol. The first-order valence-corrected chi connectivity index (χ1v) is 7.42. The Hall–Kier alpha value is -2.41. The van der Waals surface area contributed by atoms with Gasteiger partial charge in [0.1, 0.15) is 0 Å². The average molecular weight is 303 g/mol. The van der Waals surface area contributed by atoms with Crippen molar-refractivity contribution in [3.8, 4) is 0 Å². The Morgan fingerprint density at radius 2 is 2.24 bits per heavy atom. The average Bonchev–Trinajstić information content (AvgIpc) is 2.97. The van der Waals surface area contributed by atoms with E-state index in [1.807, 2.05) is 18.2 Å². The topological polar surface area (TPSA) is 84.3 Å². The second kappa shape index (κ2) is 5.53. The van der Waals surface area contributed by atoms with Gasteiger partial charge in [-0.25, -0.2) is 0 Å². The fourth-order valence-corrected chi connectivity index (χ4v) is 2.99. The highest BCUT2D eigenvalue weighted by Gasteiger charge is 2.16. The van der Waals surface area contributed by atoms with Crippen LogP contribution in [0.3, 0.4) is 0 Å². The molecule has 1 amide bonds. The van der Waals surface area contributed by atoms with Crippen LogP contribution < -0.4 is 10.6 Å². The molecule has 6 nitrogen and oxygen atoms in total. The number of carbonyl (C=O) groups is 1. The normalized spacial score (nSPS) is 13.1. The number of carbonyl (C=O) groups excluding carboxylic acids is 1. The van der Waals surface area contributed by atoms with Gasteiger partial charge in [0.25, 0.3) is 5.91 Å². The molecule has 1 aliphatic heterocycles. The van der Waals surface area contributed by atoms with Gasteiger partial charge >= 0.3 is 5.00 Å². The molecule has 0 unspecified atom stereocenters. The maximum Gasteiger partial charge on any atom is 0.324 e. The quantitative estimate of drug-likeness (QED) is 0.673. The maximum absolute atomic E-state index is 12.1. The predicted octanol–water partition coefficient (Wildman–Crippen LogP) is 3.27. The molecule has 2 N–H and O–H groups in total. The minimum atomic E-state index is -0.496. The first-order chi connectivity index (χ1) is 10.1. The summed E-state index contributed by atoms with van der Waals surface area (Å²) < 4.78 is 0. The van der Waals surface area contributed by atoms with E-state index in [4.69, 9.17) is 0 Å². The molecule has 0 atom stereocenters. The molecule has 2 aromatic rings. The predicted molar refractivity (Wildman–Crippen MR) is 82.2 cm³/mol. The molecule has 0 saturated heterocycles. The van der Waals surface area contributed by atoms with Crippen molar-refractivity contribution in [2.75, 3.05) is 17.2 Å². The molecule has 0 saturated carbocycles. The first kappa shape index (κ1) is 13.6. The molecule has 0 radical (unpaired) electrons. The Balaban J connectivity index is 1.76. The maximum atomic E-state index is 12.1. The Morgan fingerprint density at radius 3 is 3.00 bits per heavy atom. The van der Waals surface area contributed by atoms with Crippen molar-refractivity contribution in [3.05, 3.63) is 50.9 Å². The highest BCUT2D eigenvalue weighted by Crippen LogP contribution is 2.27. The summed E-state index contributed by atoms with van der Waals surface area (Å²) in [6, 6.07) is 7.03. The summed E-state index contributed by atoms with van der Waals surface area (Å²) in [6.07, 6.45) is 2.14. The van der Waals surface area contributed by atoms with E-state index in [-0.39, 0.29) is 10.9 Å². The van der Waals surface area contributed by atoms with Gasteiger partial charge in [-0.3, -0.25) is 14.9 Å². The van der Waals surface area contributed by atoms with E-state index in [0.717, 1.165) is 36.4 Å². The van der Waals surface area contributed by atoms with Gasteiger partial charge in [0.15, 0.2) is 0 Å². The van der Waals surface area contributed by atoms with Crippen LogP contribution in [-0.2, 0) is 6.42 Å². The first-order valence-electron chi connectivity index (χ1n) is 6.54. The third-order valence-corrected chi connectivity index (χ3v) is 4.21. The number of hydrogen-bond donors (Lipinski definition) is 2. The summed E-state index contributed by atoms with van der Waals surface area (Å²) in [5, 5.41) is 18.1. The highest BCUT2D eigenvalue weighted by molar-refractivity contribution is 7.13. The summed E-state index contributed by atoms with van der Waals surface area (Å²) in [5.74, 6) is -0.338. The van der Waals surface area contributed by atoms with Crippen LogP contribution in [0.4, 0.5) is 16.4 Å². The Kier molecular flexibility index (Phi) is 3.57. The van der Waals surface area contributed by atoms with Crippen molar-refractivity contribution < 1.29 is 9.72 Å². The molecule has 108 valence electrons. The standard InChI is InChI=1S/C14H13N3O3S/c18-14(10-6-13(17(19)20)21-8-10)16-11-4-3-9-2-1-5-15-12(9)7-11/h3-4,6-8,15H,1-2,5H2,(H,16,18). The van der Waals surface area contributed by atoms with E-state index in [1.165, 1.54) is 17.0 Å². The molecule has 0 bridgehead atoms. The van der Waals surface area contributed by atoms with Gasteiger partial charge in [-0.1, -0.05) is 17.4 Å². The van der Waals surface area contributed by atoms with Crippen molar-refractivity contribution in [1.29, 1.82) is 0 Å². The lowest BCUT2D eigenvalue weighted by molar-refractivity contribution is -0.380. The third kappa shape index (κ3) is 2.87. The number of aryl methyl sites for hydroxylation is 1. The Bertz CT molecular complexity index is 711. The molecule has 21 heavy (non-hydrogen) atoms. The molecule has 2 heterocycles. The molecular formula is C14H13N3O3S. The van der Waals surface area contributed by atoms with Crippen molar-refractivity contribution in [2.45, 2.75) is 12.8 Å². The number of benzene rings is 1. The van der Waals surface area contributed by atoms with Crippen molar-refractivity contribution >= 4 is 33.6 Å². The molecule has 1 aromatic heterocycles. The van der Waals surface area contributed by atoms with Crippen LogP contribution >= 0.6 is 11.3 Å². The summed E-state index contributed by atoms with van der Waals surface area (Å²) in [6.45, 7) is 0.932. The SMILES string of the molecule is O=C(Nc1ccc2c(c1)NCCC2)c1csc([N+](=O)[O-])c1. The molecule has 0 fully saturated rings. The lowest BCUT2D eigenvalue weighted by atomic mass is 10.0. The minimum absolute atomic E-state index is 0.0349. The van der Waals surface area contributed by atoms with Crippen LogP contribution in [0, 0.1) is 10.1 Å². The van der Waals surface area contributed by atoms with Gasteiger partial charge < -0.3 is 10.6 Å². The summed E-state index contributed by atoms with van der Waals surface area (Å²) in [5.41, 5.74) is 3.26. The zero-order valence-corrected chi connectivity index (χ0v) is 11.9. The highest BCUT2D eigenvalue weighted by atomic mass is 32.1.